The minimum atomic E-state index is -0.607. The number of carbonyl (C=O) groups is 1. The Kier molecular flexibility index (Phi) is 3.44. The van der Waals surface area contributed by atoms with Crippen molar-refractivity contribution in [2.24, 2.45) is 0 Å². The average Bonchev–Trinajstić information content (AvgIpc) is 2.81. The van der Waals surface area contributed by atoms with Crippen LogP contribution >= 0.6 is 22.9 Å². The van der Waals surface area contributed by atoms with E-state index < -0.39 is 11.7 Å². The molecule has 0 radical (unpaired) electrons. The number of nitrogen functional groups attached to an aromatic ring is 1. The van der Waals surface area contributed by atoms with Gasteiger partial charge in [-0.1, -0.05) is 11.6 Å². The van der Waals surface area contributed by atoms with Gasteiger partial charge in [-0.25, -0.2) is 4.39 Å². The number of halogens is 2. The van der Waals surface area contributed by atoms with E-state index in [1.54, 1.807) is 6.07 Å². The molecule has 5 nitrogen and oxygen atoms in total. The van der Waals surface area contributed by atoms with Crippen LogP contribution in [0.2, 0.25) is 5.02 Å². The van der Waals surface area contributed by atoms with E-state index in [9.17, 15) is 9.18 Å². The summed E-state index contributed by atoms with van der Waals surface area (Å²) >= 11 is 6.72. The van der Waals surface area contributed by atoms with E-state index in [2.05, 4.69) is 15.5 Å². The number of benzene rings is 1. The van der Waals surface area contributed by atoms with Gasteiger partial charge in [-0.05, 0) is 24.3 Å². The molecule has 106 valence electrons. The van der Waals surface area contributed by atoms with Crippen LogP contribution in [-0.2, 0) is 0 Å². The molecule has 0 aliphatic heterocycles. The van der Waals surface area contributed by atoms with Crippen LogP contribution in [0.3, 0.4) is 0 Å². The molecule has 2 heterocycles. The predicted molar refractivity (Wildman–Crippen MR) is 81.2 cm³/mol. The summed E-state index contributed by atoms with van der Waals surface area (Å²) in [5, 5.41) is 10.9. The van der Waals surface area contributed by atoms with Crippen molar-refractivity contribution in [3.8, 4) is 0 Å². The van der Waals surface area contributed by atoms with Gasteiger partial charge in [0.2, 0.25) is 0 Å². The molecule has 0 saturated heterocycles. The van der Waals surface area contributed by atoms with Gasteiger partial charge in [0.05, 0.1) is 16.9 Å². The van der Waals surface area contributed by atoms with Crippen LogP contribution in [0.5, 0.6) is 0 Å². The fourth-order valence-corrected chi connectivity index (χ4v) is 2.85. The first-order valence-electron chi connectivity index (χ1n) is 5.82. The number of anilines is 2. The van der Waals surface area contributed by atoms with E-state index in [4.69, 9.17) is 17.3 Å². The van der Waals surface area contributed by atoms with Crippen molar-refractivity contribution < 1.29 is 9.18 Å². The van der Waals surface area contributed by atoms with Gasteiger partial charge in [0.1, 0.15) is 15.5 Å². The zero-order chi connectivity index (χ0) is 15.0. The van der Waals surface area contributed by atoms with Crippen LogP contribution in [0.4, 0.5) is 15.8 Å². The fourth-order valence-electron chi connectivity index (χ4n) is 1.80. The summed E-state index contributed by atoms with van der Waals surface area (Å²) in [5.74, 6) is -1.04. The minimum Gasteiger partial charge on any atom is -0.397 e. The zero-order valence-electron chi connectivity index (χ0n) is 10.4. The molecule has 3 aromatic rings. The normalized spacial score (nSPS) is 10.8. The monoisotopic (exact) mass is 322 g/mol. The smallest absolute Gasteiger partial charge is 0.267 e. The van der Waals surface area contributed by atoms with Gasteiger partial charge < -0.3 is 11.1 Å². The molecule has 3 rings (SSSR count). The first kappa shape index (κ1) is 13.7. The first-order chi connectivity index (χ1) is 10.1. The van der Waals surface area contributed by atoms with E-state index in [0.29, 0.717) is 26.5 Å². The van der Waals surface area contributed by atoms with Gasteiger partial charge >= 0.3 is 0 Å². The number of hydrogen-bond acceptors (Lipinski definition) is 5. The SMILES string of the molecule is Nc1c(C(=O)Nc2ccc(Cl)c(F)c2)sc2nnccc12. The molecule has 2 aromatic heterocycles. The van der Waals surface area contributed by atoms with Gasteiger partial charge in [-0.2, -0.15) is 5.10 Å². The van der Waals surface area contributed by atoms with Crippen LogP contribution < -0.4 is 11.1 Å². The largest absolute Gasteiger partial charge is 0.397 e. The van der Waals surface area contributed by atoms with Gasteiger partial charge in [0.15, 0.2) is 0 Å². The topological polar surface area (TPSA) is 80.9 Å². The highest BCUT2D eigenvalue weighted by Crippen LogP contribution is 2.32. The molecule has 3 N–H and O–H groups in total. The molecule has 0 aliphatic rings. The van der Waals surface area contributed by atoms with Crippen molar-refractivity contribution >= 4 is 50.4 Å². The molecule has 1 aromatic carbocycles. The number of thiophene rings is 1. The summed E-state index contributed by atoms with van der Waals surface area (Å²) in [6.45, 7) is 0. The number of amides is 1. The summed E-state index contributed by atoms with van der Waals surface area (Å²) in [7, 11) is 0. The number of rotatable bonds is 2. The third kappa shape index (κ3) is 2.53. The number of nitrogens with one attached hydrogen (secondary N) is 1. The second-order valence-electron chi connectivity index (χ2n) is 4.18. The molecular formula is C13H8ClFN4OS. The van der Waals surface area contributed by atoms with E-state index in [1.807, 2.05) is 0 Å². The van der Waals surface area contributed by atoms with Crippen molar-refractivity contribution in [3.63, 3.8) is 0 Å². The maximum Gasteiger partial charge on any atom is 0.267 e. The van der Waals surface area contributed by atoms with Gasteiger partial charge in [-0.3, -0.25) is 4.79 Å². The molecule has 0 aliphatic carbocycles. The number of carbonyl (C=O) groups excluding carboxylic acids is 1. The Morgan fingerprint density at radius 3 is 2.90 bits per heavy atom. The highest BCUT2D eigenvalue weighted by molar-refractivity contribution is 7.21. The van der Waals surface area contributed by atoms with Crippen LogP contribution in [0.25, 0.3) is 10.2 Å². The maximum absolute atomic E-state index is 13.4. The number of nitrogens with two attached hydrogens (primary N) is 1. The van der Waals surface area contributed by atoms with Crippen molar-refractivity contribution in [1.82, 2.24) is 10.2 Å². The number of fused-ring (bicyclic) bond motifs is 1. The van der Waals surface area contributed by atoms with E-state index in [1.165, 1.54) is 18.3 Å². The Morgan fingerprint density at radius 2 is 2.19 bits per heavy atom. The highest BCUT2D eigenvalue weighted by Gasteiger charge is 2.17. The molecule has 0 fully saturated rings. The Labute approximate surface area is 127 Å². The van der Waals surface area contributed by atoms with Crippen molar-refractivity contribution in [1.29, 1.82) is 0 Å². The van der Waals surface area contributed by atoms with E-state index in [-0.39, 0.29) is 5.02 Å². The standard InChI is InChI=1S/C13H8ClFN4OS/c14-8-2-1-6(5-9(8)15)18-12(20)11-10(16)7-3-4-17-19-13(7)21-11/h1-5H,16H2,(H,18,20). The molecule has 1 amide bonds. The molecule has 0 saturated carbocycles. The first-order valence-corrected chi connectivity index (χ1v) is 7.02. The second kappa shape index (κ2) is 5.27. The number of aromatic nitrogens is 2. The Balaban J connectivity index is 1.93. The summed E-state index contributed by atoms with van der Waals surface area (Å²) in [6.07, 6.45) is 1.50. The summed E-state index contributed by atoms with van der Waals surface area (Å²) in [5.41, 5.74) is 6.56. The quantitative estimate of drug-likeness (QED) is 0.758. The molecule has 21 heavy (non-hydrogen) atoms. The van der Waals surface area contributed by atoms with Crippen molar-refractivity contribution in [2.45, 2.75) is 0 Å². The highest BCUT2D eigenvalue weighted by atomic mass is 35.5. The summed E-state index contributed by atoms with van der Waals surface area (Å²) < 4.78 is 13.4. The van der Waals surface area contributed by atoms with E-state index >= 15 is 0 Å². The molecule has 0 bridgehead atoms. The molecule has 0 unspecified atom stereocenters. The average molecular weight is 323 g/mol. The van der Waals surface area contributed by atoms with E-state index in [0.717, 1.165) is 17.4 Å². The number of nitrogens with zero attached hydrogens (tertiary/aromatic N) is 2. The molecule has 8 heteroatoms. The Bertz CT molecular complexity index is 851. The maximum atomic E-state index is 13.4. The summed E-state index contributed by atoms with van der Waals surface area (Å²) in [6, 6.07) is 5.70. The lowest BCUT2D eigenvalue weighted by molar-refractivity contribution is 0.103. The van der Waals surface area contributed by atoms with Crippen molar-refractivity contribution in [3.05, 3.63) is 46.2 Å². The molecule has 0 spiro atoms. The van der Waals surface area contributed by atoms with Gasteiger partial charge in [0, 0.05) is 11.1 Å². The Morgan fingerprint density at radius 1 is 1.38 bits per heavy atom. The third-order valence-electron chi connectivity index (χ3n) is 2.80. The lowest BCUT2D eigenvalue weighted by Crippen LogP contribution is -2.12. The van der Waals surface area contributed by atoms with Crippen LogP contribution in [0.1, 0.15) is 9.67 Å². The number of hydrogen-bond donors (Lipinski definition) is 2. The lowest BCUT2D eigenvalue weighted by atomic mass is 10.2. The molecule has 0 atom stereocenters. The molecular weight excluding hydrogens is 315 g/mol. The van der Waals surface area contributed by atoms with Crippen LogP contribution in [0.15, 0.2) is 30.5 Å². The summed E-state index contributed by atoms with van der Waals surface area (Å²) in [4.78, 5) is 13.1. The van der Waals surface area contributed by atoms with Crippen molar-refractivity contribution in [2.75, 3.05) is 11.1 Å². The third-order valence-corrected chi connectivity index (χ3v) is 4.21. The Hall–Kier alpha value is -2.25. The second-order valence-corrected chi connectivity index (χ2v) is 5.58. The lowest BCUT2D eigenvalue weighted by Gasteiger charge is -2.05. The minimum absolute atomic E-state index is 0.00958. The zero-order valence-corrected chi connectivity index (χ0v) is 12.0. The fraction of sp³-hybridized carbons (Fsp3) is 0. The van der Waals surface area contributed by atoms with Crippen LogP contribution in [0, 0.1) is 5.82 Å². The predicted octanol–water partition coefficient (Wildman–Crippen LogP) is 3.32. The van der Waals surface area contributed by atoms with Gasteiger partial charge in [0.25, 0.3) is 5.91 Å². The van der Waals surface area contributed by atoms with Crippen LogP contribution in [-0.4, -0.2) is 16.1 Å². The van der Waals surface area contributed by atoms with Gasteiger partial charge in [-0.15, -0.1) is 16.4 Å².